The summed E-state index contributed by atoms with van der Waals surface area (Å²) in [4.78, 5) is 24.5. The Kier molecular flexibility index (Phi) is 6.11. The van der Waals surface area contributed by atoms with Gasteiger partial charge in [-0.25, -0.2) is 0 Å². The molecule has 1 amide bonds. The Morgan fingerprint density at radius 2 is 1.86 bits per heavy atom. The number of methoxy groups -OCH3 is 1. The van der Waals surface area contributed by atoms with Gasteiger partial charge in [0.25, 0.3) is 5.91 Å². The number of halogens is 2. The maximum absolute atomic E-state index is 12.2. The van der Waals surface area contributed by atoms with Gasteiger partial charge in [-0.2, -0.15) is 0 Å². The number of carbonyl (C=O) groups excluding carboxylic acids is 2. The molecule has 0 bridgehead atoms. The lowest BCUT2D eigenvalue weighted by Gasteiger charge is -2.13. The van der Waals surface area contributed by atoms with Gasteiger partial charge in [-0.15, -0.1) is 0 Å². The second-order valence-corrected chi connectivity index (χ2v) is 6.95. The summed E-state index contributed by atoms with van der Waals surface area (Å²) in [5.74, 6) is -0.388. The van der Waals surface area contributed by atoms with Crippen molar-refractivity contribution in [3.8, 4) is 5.75 Å². The maximum atomic E-state index is 12.2. The fourth-order valence-corrected chi connectivity index (χ4v) is 3.17. The average molecular weight is 422 g/mol. The maximum Gasteiger partial charge on any atom is 0.311 e. The van der Waals surface area contributed by atoms with E-state index in [2.05, 4.69) is 5.32 Å². The molecule has 0 aliphatic rings. The number of ether oxygens (including phenoxy) is 2. The quantitative estimate of drug-likeness (QED) is 0.574. The first-order valence-electron chi connectivity index (χ1n) is 8.36. The molecule has 0 saturated carbocycles. The number of hydrogen-bond donors (Lipinski definition) is 1. The van der Waals surface area contributed by atoms with Gasteiger partial charge in [0.2, 0.25) is 0 Å². The van der Waals surface area contributed by atoms with Gasteiger partial charge in [-0.05, 0) is 37.3 Å². The monoisotopic (exact) mass is 421 g/mol. The Balaban J connectivity index is 1.61. The first kappa shape index (κ1) is 20.0. The van der Waals surface area contributed by atoms with Crippen molar-refractivity contribution in [2.75, 3.05) is 12.4 Å². The van der Waals surface area contributed by atoms with Crippen LogP contribution in [0.4, 0.5) is 5.69 Å². The number of esters is 1. The van der Waals surface area contributed by atoms with Gasteiger partial charge in [0, 0.05) is 32.7 Å². The third kappa shape index (κ3) is 4.77. The zero-order valence-electron chi connectivity index (χ0n) is 15.1. The Morgan fingerprint density at radius 1 is 1.14 bits per heavy atom. The van der Waals surface area contributed by atoms with Crippen LogP contribution in [0.15, 0.2) is 47.1 Å². The molecule has 6 nitrogen and oxygen atoms in total. The molecule has 28 heavy (non-hydrogen) atoms. The number of carbonyl (C=O) groups is 2. The van der Waals surface area contributed by atoms with E-state index in [9.17, 15) is 9.59 Å². The van der Waals surface area contributed by atoms with E-state index in [1.807, 2.05) is 0 Å². The smallest absolute Gasteiger partial charge is 0.311 e. The SMILES string of the molecule is COc1ccc2c(CC(=O)OC(C)C(=O)Nc3cc(Cl)cc(Cl)c3)coc2c1. The van der Waals surface area contributed by atoms with Gasteiger partial charge in [0.05, 0.1) is 19.8 Å². The Bertz CT molecular complexity index is 1010. The van der Waals surface area contributed by atoms with Crippen LogP contribution < -0.4 is 10.1 Å². The standard InChI is InChI=1S/C20H17Cl2NO5/c1-11(20(25)23-15-7-13(21)6-14(22)8-15)28-19(24)5-12-10-27-18-9-16(26-2)3-4-17(12)18/h3-4,6-11H,5H2,1-2H3,(H,23,25). The highest BCUT2D eigenvalue weighted by Crippen LogP contribution is 2.26. The number of furan rings is 1. The first-order valence-corrected chi connectivity index (χ1v) is 9.12. The lowest BCUT2D eigenvalue weighted by Crippen LogP contribution is -2.30. The van der Waals surface area contributed by atoms with Crippen LogP contribution in [0.25, 0.3) is 11.0 Å². The molecule has 1 aromatic heterocycles. The highest BCUT2D eigenvalue weighted by atomic mass is 35.5. The van der Waals surface area contributed by atoms with E-state index in [0.29, 0.717) is 32.6 Å². The molecule has 1 N–H and O–H groups in total. The van der Waals surface area contributed by atoms with E-state index >= 15 is 0 Å². The zero-order valence-corrected chi connectivity index (χ0v) is 16.6. The first-order chi connectivity index (χ1) is 13.4. The van der Waals surface area contributed by atoms with Crippen molar-refractivity contribution >= 4 is 51.7 Å². The molecule has 0 aliphatic carbocycles. The molecule has 0 fully saturated rings. The van der Waals surface area contributed by atoms with Gasteiger partial charge in [0.15, 0.2) is 6.10 Å². The van der Waals surface area contributed by atoms with E-state index in [-0.39, 0.29) is 6.42 Å². The Labute approximate surface area is 171 Å². The van der Waals surface area contributed by atoms with E-state index in [1.165, 1.54) is 13.2 Å². The third-order valence-electron chi connectivity index (χ3n) is 4.01. The summed E-state index contributed by atoms with van der Waals surface area (Å²) in [6.07, 6.45) is 0.466. The van der Waals surface area contributed by atoms with Crippen LogP contribution in [0.2, 0.25) is 10.0 Å². The van der Waals surface area contributed by atoms with Crippen molar-refractivity contribution in [1.82, 2.24) is 0 Å². The lowest BCUT2D eigenvalue weighted by molar-refractivity contribution is -0.152. The Hall–Kier alpha value is -2.70. The molecule has 0 radical (unpaired) electrons. The number of fused-ring (bicyclic) bond motifs is 1. The minimum absolute atomic E-state index is 0.0278. The normalized spacial score (nSPS) is 11.9. The fourth-order valence-electron chi connectivity index (χ4n) is 2.65. The molecule has 3 rings (SSSR count). The van der Waals surface area contributed by atoms with Crippen LogP contribution in [0, 0.1) is 0 Å². The highest BCUT2D eigenvalue weighted by Gasteiger charge is 2.20. The van der Waals surface area contributed by atoms with Crippen LogP contribution in [0.1, 0.15) is 12.5 Å². The summed E-state index contributed by atoms with van der Waals surface area (Å²) in [6.45, 7) is 1.48. The van der Waals surface area contributed by atoms with Crippen LogP contribution in [0.3, 0.4) is 0 Å². The molecule has 3 aromatic rings. The van der Waals surface area contributed by atoms with Gasteiger partial charge in [0.1, 0.15) is 11.3 Å². The van der Waals surface area contributed by atoms with E-state index in [0.717, 1.165) is 5.39 Å². The highest BCUT2D eigenvalue weighted by molar-refractivity contribution is 6.35. The number of anilines is 1. The van der Waals surface area contributed by atoms with Crippen molar-refractivity contribution in [2.24, 2.45) is 0 Å². The van der Waals surface area contributed by atoms with Crippen LogP contribution in [0.5, 0.6) is 5.75 Å². The molecule has 1 unspecified atom stereocenters. The number of amides is 1. The van der Waals surface area contributed by atoms with E-state index in [4.69, 9.17) is 37.1 Å². The average Bonchev–Trinajstić information content (AvgIpc) is 3.02. The van der Waals surface area contributed by atoms with Crippen molar-refractivity contribution in [2.45, 2.75) is 19.4 Å². The summed E-state index contributed by atoms with van der Waals surface area (Å²) in [5.41, 5.74) is 1.68. The zero-order chi connectivity index (χ0) is 20.3. The van der Waals surface area contributed by atoms with Crippen molar-refractivity contribution in [3.05, 3.63) is 58.3 Å². The molecule has 0 aliphatic heterocycles. The molecule has 2 aromatic carbocycles. The summed E-state index contributed by atoms with van der Waals surface area (Å²) in [5, 5.41) is 4.16. The second-order valence-electron chi connectivity index (χ2n) is 6.08. The fraction of sp³-hybridized carbons (Fsp3) is 0.200. The predicted octanol–water partition coefficient (Wildman–Crippen LogP) is 4.86. The second kappa shape index (κ2) is 8.54. The largest absolute Gasteiger partial charge is 0.497 e. The van der Waals surface area contributed by atoms with Gasteiger partial charge in [-0.1, -0.05) is 23.2 Å². The summed E-state index contributed by atoms with van der Waals surface area (Å²) >= 11 is 11.8. The predicted molar refractivity (Wildman–Crippen MR) is 107 cm³/mol. The van der Waals surface area contributed by atoms with E-state index in [1.54, 1.807) is 43.5 Å². The molecular formula is C20H17Cl2NO5. The van der Waals surface area contributed by atoms with Crippen LogP contribution >= 0.6 is 23.2 Å². The number of nitrogens with one attached hydrogen (secondary N) is 1. The van der Waals surface area contributed by atoms with Crippen LogP contribution in [-0.2, 0) is 20.7 Å². The summed E-state index contributed by atoms with van der Waals surface area (Å²) in [6, 6.07) is 9.96. The minimum atomic E-state index is -0.997. The molecule has 0 saturated heterocycles. The molecule has 0 spiro atoms. The Morgan fingerprint density at radius 3 is 2.54 bits per heavy atom. The van der Waals surface area contributed by atoms with Crippen molar-refractivity contribution in [3.63, 3.8) is 0 Å². The minimum Gasteiger partial charge on any atom is -0.497 e. The number of rotatable bonds is 6. The molecule has 8 heteroatoms. The topological polar surface area (TPSA) is 77.8 Å². The van der Waals surface area contributed by atoms with E-state index < -0.39 is 18.0 Å². The summed E-state index contributed by atoms with van der Waals surface area (Å²) in [7, 11) is 1.56. The van der Waals surface area contributed by atoms with Gasteiger partial charge < -0.3 is 19.2 Å². The van der Waals surface area contributed by atoms with Crippen LogP contribution in [-0.4, -0.2) is 25.1 Å². The molecule has 1 atom stereocenters. The summed E-state index contributed by atoms with van der Waals surface area (Å²) < 4.78 is 15.8. The molecule has 1 heterocycles. The van der Waals surface area contributed by atoms with Gasteiger partial charge in [-0.3, -0.25) is 9.59 Å². The van der Waals surface area contributed by atoms with Crippen molar-refractivity contribution in [1.29, 1.82) is 0 Å². The number of hydrogen-bond acceptors (Lipinski definition) is 5. The third-order valence-corrected chi connectivity index (χ3v) is 4.44. The number of benzene rings is 2. The molecular weight excluding hydrogens is 405 g/mol. The molecule has 146 valence electrons. The van der Waals surface area contributed by atoms with Gasteiger partial charge >= 0.3 is 5.97 Å². The van der Waals surface area contributed by atoms with Crippen molar-refractivity contribution < 1.29 is 23.5 Å². The lowest BCUT2D eigenvalue weighted by atomic mass is 10.1.